The van der Waals surface area contributed by atoms with Crippen LogP contribution >= 0.6 is 0 Å². The second-order valence-electron chi connectivity index (χ2n) is 4.68. The van der Waals surface area contributed by atoms with Crippen LogP contribution in [0.1, 0.15) is 59.8 Å². The van der Waals surface area contributed by atoms with Crippen molar-refractivity contribution in [1.82, 2.24) is 10.6 Å². The summed E-state index contributed by atoms with van der Waals surface area (Å²) in [6.07, 6.45) is 6.89. The summed E-state index contributed by atoms with van der Waals surface area (Å²) in [5.74, 6) is 0.935. The van der Waals surface area contributed by atoms with Crippen LogP contribution in [0, 0.1) is 5.92 Å². The van der Waals surface area contributed by atoms with E-state index >= 15 is 0 Å². The summed E-state index contributed by atoms with van der Waals surface area (Å²) in [5.41, 5.74) is 0. The third-order valence-electron chi connectivity index (χ3n) is 3.11. The molecule has 2 atom stereocenters. The highest BCUT2D eigenvalue weighted by molar-refractivity contribution is 4.72. The first-order valence-corrected chi connectivity index (χ1v) is 7.27. The van der Waals surface area contributed by atoms with Crippen molar-refractivity contribution < 1.29 is 0 Å². The topological polar surface area (TPSA) is 24.1 Å². The predicted molar refractivity (Wildman–Crippen MR) is 73.9 cm³/mol. The minimum atomic E-state index is 0.861. The molecule has 0 radical (unpaired) electrons. The van der Waals surface area contributed by atoms with Crippen molar-refractivity contribution >= 4 is 0 Å². The fourth-order valence-electron chi connectivity index (χ4n) is 2.15. The van der Waals surface area contributed by atoms with Crippen LogP contribution in [0.15, 0.2) is 0 Å². The summed E-state index contributed by atoms with van der Waals surface area (Å²) in [4.78, 5) is 0. The van der Waals surface area contributed by atoms with Crippen molar-refractivity contribution in [2.45, 2.75) is 65.8 Å². The number of hydrogen-bond donors (Lipinski definition) is 2. The maximum atomic E-state index is 3.46. The summed E-state index contributed by atoms with van der Waals surface area (Å²) in [7, 11) is 0. The van der Waals surface area contributed by atoms with Crippen LogP contribution < -0.4 is 10.6 Å². The van der Waals surface area contributed by atoms with E-state index in [1.807, 2.05) is 13.8 Å². The van der Waals surface area contributed by atoms with Gasteiger partial charge in [0.25, 0.3) is 0 Å². The Bertz CT molecular complexity index is 125. The van der Waals surface area contributed by atoms with Crippen LogP contribution in [0.25, 0.3) is 0 Å². The second-order valence-corrected chi connectivity index (χ2v) is 4.68. The monoisotopic (exact) mass is 228 g/mol. The Morgan fingerprint density at radius 3 is 2.19 bits per heavy atom. The molecule has 2 fully saturated rings. The minimum Gasteiger partial charge on any atom is -0.316 e. The number of nitrogens with one attached hydrogen (secondary N) is 2. The number of rotatable bonds is 2. The van der Waals surface area contributed by atoms with E-state index in [-0.39, 0.29) is 0 Å². The Hall–Kier alpha value is -0.0800. The molecular weight excluding hydrogens is 196 g/mol. The standard InChI is InChI=1S/C7H15N.C5H11N.C2H6/c1-2-4-7-5-3-6-8-7;1-5-2-3-6-4-5;1-2/h7-8H,2-6H2,1H3;5-6H,2-4H2,1H3;1-2H3. The highest BCUT2D eigenvalue weighted by Gasteiger charge is 2.11. The van der Waals surface area contributed by atoms with Crippen LogP contribution in [0.5, 0.6) is 0 Å². The zero-order chi connectivity index (χ0) is 12.2. The summed E-state index contributed by atoms with van der Waals surface area (Å²) in [6, 6.07) is 0.861. The molecule has 0 aromatic heterocycles. The highest BCUT2D eigenvalue weighted by atomic mass is 14.9. The maximum Gasteiger partial charge on any atom is 0.00674 e. The first-order chi connectivity index (χ1) is 7.83. The van der Waals surface area contributed by atoms with Crippen molar-refractivity contribution in [3.63, 3.8) is 0 Å². The van der Waals surface area contributed by atoms with E-state index in [1.165, 1.54) is 51.7 Å². The Balaban J connectivity index is 0.000000251. The van der Waals surface area contributed by atoms with E-state index < -0.39 is 0 Å². The zero-order valence-corrected chi connectivity index (χ0v) is 11.8. The van der Waals surface area contributed by atoms with Gasteiger partial charge in [-0.2, -0.15) is 0 Å². The molecule has 0 aromatic rings. The van der Waals surface area contributed by atoms with Gasteiger partial charge in [-0.25, -0.2) is 0 Å². The molecule has 2 rings (SSSR count). The first kappa shape index (κ1) is 15.9. The Labute approximate surface area is 103 Å². The van der Waals surface area contributed by atoms with Gasteiger partial charge in [0, 0.05) is 6.04 Å². The van der Waals surface area contributed by atoms with Gasteiger partial charge < -0.3 is 10.6 Å². The van der Waals surface area contributed by atoms with E-state index in [1.54, 1.807) is 0 Å². The van der Waals surface area contributed by atoms with Crippen LogP contribution in [0.3, 0.4) is 0 Å². The molecule has 2 aliphatic heterocycles. The van der Waals surface area contributed by atoms with E-state index in [9.17, 15) is 0 Å². The van der Waals surface area contributed by atoms with Gasteiger partial charge in [-0.1, -0.05) is 34.1 Å². The second kappa shape index (κ2) is 11.4. The molecule has 2 aliphatic rings. The van der Waals surface area contributed by atoms with Gasteiger partial charge in [0.15, 0.2) is 0 Å². The molecular formula is C14H32N2. The molecule has 2 heterocycles. The van der Waals surface area contributed by atoms with Crippen LogP contribution in [-0.2, 0) is 0 Å². The lowest BCUT2D eigenvalue weighted by Crippen LogP contribution is -2.20. The zero-order valence-electron chi connectivity index (χ0n) is 11.8. The molecule has 2 saturated heterocycles. The van der Waals surface area contributed by atoms with Crippen LogP contribution in [0.2, 0.25) is 0 Å². The summed E-state index contributed by atoms with van der Waals surface area (Å²) in [5, 5.41) is 6.73. The molecule has 2 N–H and O–H groups in total. The highest BCUT2D eigenvalue weighted by Crippen LogP contribution is 2.09. The third kappa shape index (κ3) is 8.12. The van der Waals surface area contributed by atoms with E-state index in [2.05, 4.69) is 24.5 Å². The van der Waals surface area contributed by atoms with Gasteiger partial charge in [0.2, 0.25) is 0 Å². The minimum absolute atomic E-state index is 0.861. The Morgan fingerprint density at radius 1 is 1.12 bits per heavy atom. The third-order valence-corrected chi connectivity index (χ3v) is 3.11. The average molecular weight is 228 g/mol. The van der Waals surface area contributed by atoms with Gasteiger partial charge in [0.1, 0.15) is 0 Å². The molecule has 2 heteroatoms. The lowest BCUT2D eigenvalue weighted by Gasteiger charge is -2.05. The largest absolute Gasteiger partial charge is 0.316 e. The fraction of sp³-hybridized carbons (Fsp3) is 1.00. The molecule has 0 saturated carbocycles. The molecule has 0 aromatic carbocycles. The SMILES string of the molecule is CC.CC1CCNC1.CCCC1CCCN1. The van der Waals surface area contributed by atoms with E-state index in [4.69, 9.17) is 0 Å². The predicted octanol–water partition coefficient (Wildman–Crippen LogP) is 3.18. The molecule has 0 spiro atoms. The summed E-state index contributed by atoms with van der Waals surface area (Å²) in [6.45, 7) is 12.3. The van der Waals surface area contributed by atoms with Crippen molar-refractivity contribution in [3.05, 3.63) is 0 Å². The molecule has 0 aliphatic carbocycles. The molecule has 0 amide bonds. The van der Waals surface area contributed by atoms with Gasteiger partial charge in [-0.15, -0.1) is 0 Å². The fourth-order valence-corrected chi connectivity index (χ4v) is 2.15. The van der Waals surface area contributed by atoms with Gasteiger partial charge >= 0.3 is 0 Å². The van der Waals surface area contributed by atoms with Gasteiger partial charge in [-0.3, -0.25) is 0 Å². The quantitative estimate of drug-likeness (QED) is 0.758. The van der Waals surface area contributed by atoms with Gasteiger partial charge in [-0.05, 0) is 51.2 Å². The molecule has 2 nitrogen and oxygen atoms in total. The normalized spacial score (nSPS) is 27.8. The van der Waals surface area contributed by atoms with Crippen LogP contribution in [0.4, 0.5) is 0 Å². The van der Waals surface area contributed by atoms with E-state index in [0.29, 0.717) is 0 Å². The lowest BCUT2D eigenvalue weighted by atomic mass is 10.1. The smallest absolute Gasteiger partial charge is 0.00674 e. The lowest BCUT2D eigenvalue weighted by molar-refractivity contribution is 0.551. The molecule has 2 unspecified atom stereocenters. The first-order valence-electron chi connectivity index (χ1n) is 7.27. The van der Waals surface area contributed by atoms with Gasteiger partial charge in [0.05, 0.1) is 0 Å². The van der Waals surface area contributed by atoms with Crippen molar-refractivity contribution in [3.8, 4) is 0 Å². The molecule has 0 bridgehead atoms. The van der Waals surface area contributed by atoms with Crippen molar-refractivity contribution in [2.75, 3.05) is 19.6 Å². The molecule has 98 valence electrons. The van der Waals surface area contributed by atoms with E-state index in [0.717, 1.165) is 12.0 Å². The maximum absolute atomic E-state index is 3.46. The van der Waals surface area contributed by atoms with Crippen LogP contribution in [-0.4, -0.2) is 25.7 Å². The average Bonchev–Trinajstić information content (AvgIpc) is 2.96. The van der Waals surface area contributed by atoms with Crippen molar-refractivity contribution in [2.24, 2.45) is 5.92 Å². The Kier molecular flexibility index (Phi) is 11.3. The van der Waals surface area contributed by atoms with Crippen molar-refractivity contribution in [1.29, 1.82) is 0 Å². The Morgan fingerprint density at radius 2 is 1.88 bits per heavy atom. The molecule has 16 heavy (non-hydrogen) atoms. The number of hydrogen-bond acceptors (Lipinski definition) is 2. The summed E-state index contributed by atoms with van der Waals surface area (Å²) < 4.78 is 0. The summed E-state index contributed by atoms with van der Waals surface area (Å²) >= 11 is 0.